The fourth-order valence-corrected chi connectivity index (χ4v) is 4.07. The number of likely N-dealkylation sites (tertiary alicyclic amines) is 2. The quantitative estimate of drug-likeness (QED) is 0.762. The highest BCUT2D eigenvalue weighted by Crippen LogP contribution is 2.38. The Balaban J connectivity index is 1.45. The zero-order chi connectivity index (χ0) is 17.7. The Labute approximate surface area is 151 Å². The molecule has 3 rings (SSSR count). The summed E-state index contributed by atoms with van der Waals surface area (Å²) in [6, 6.07) is 4.00. The van der Waals surface area contributed by atoms with Crippen LogP contribution in [0.5, 0.6) is 0 Å². The number of carbonyl (C=O) groups is 1. The molecule has 1 spiro atoms. The molecule has 0 bridgehead atoms. The summed E-state index contributed by atoms with van der Waals surface area (Å²) in [6.45, 7) is 6.49. The lowest BCUT2D eigenvalue weighted by Gasteiger charge is -2.58. The Morgan fingerprint density at radius 3 is 2.84 bits per heavy atom. The van der Waals surface area contributed by atoms with E-state index in [1.54, 1.807) is 0 Å². The van der Waals surface area contributed by atoms with Crippen LogP contribution in [-0.4, -0.2) is 59.5 Å². The highest BCUT2D eigenvalue weighted by atomic mass is 16.5. The monoisotopic (exact) mass is 345 g/mol. The van der Waals surface area contributed by atoms with Crippen molar-refractivity contribution in [1.82, 2.24) is 14.8 Å². The van der Waals surface area contributed by atoms with Gasteiger partial charge in [-0.25, -0.2) is 0 Å². The Morgan fingerprint density at radius 2 is 2.12 bits per heavy atom. The molecule has 0 aliphatic carbocycles. The first kappa shape index (κ1) is 18.3. The zero-order valence-corrected chi connectivity index (χ0v) is 15.6. The lowest BCUT2D eigenvalue weighted by Crippen LogP contribution is -2.72. The maximum atomic E-state index is 12.2. The number of amides is 1. The molecule has 5 heteroatoms. The summed E-state index contributed by atoms with van der Waals surface area (Å²) >= 11 is 0. The number of rotatable bonds is 7. The first-order valence-corrected chi connectivity index (χ1v) is 9.58. The molecule has 2 aliphatic heterocycles. The SMILES string of the molecule is CCCCC(=O)N1CC2(C[C@@H](COCc3ccncc3)CCN2C)C1. The van der Waals surface area contributed by atoms with E-state index in [0.29, 0.717) is 24.9 Å². The van der Waals surface area contributed by atoms with Crippen molar-refractivity contribution in [3.8, 4) is 0 Å². The molecule has 1 aromatic heterocycles. The van der Waals surface area contributed by atoms with Gasteiger partial charge in [-0.1, -0.05) is 13.3 Å². The molecule has 1 aromatic rings. The minimum atomic E-state index is 0.185. The third kappa shape index (κ3) is 4.39. The standard InChI is InChI=1S/C20H31N3O2/c1-3-4-5-19(24)23-15-20(16-23)12-18(8-11-22(20)2)14-25-13-17-6-9-21-10-7-17/h6-7,9-10,18H,3-5,8,11-16H2,1-2H3/t18-/m0/s1. The van der Waals surface area contributed by atoms with Gasteiger partial charge in [0.25, 0.3) is 0 Å². The van der Waals surface area contributed by atoms with Gasteiger partial charge >= 0.3 is 0 Å². The minimum Gasteiger partial charge on any atom is -0.376 e. The van der Waals surface area contributed by atoms with E-state index in [1.165, 1.54) is 12.0 Å². The van der Waals surface area contributed by atoms with Gasteiger partial charge in [-0.2, -0.15) is 0 Å². The van der Waals surface area contributed by atoms with Crippen molar-refractivity contribution in [2.45, 2.75) is 51.2 Å². The predicted molar refractivity (Wildman–Crippen MR) is 98.1 cm³/mol. The summed E-state index contributed by atoms with van der Waals surface area (Å²) in [5, 5.41) is 0. The summed E-state index contributed by atoms with van der Waals surface area (Å²) in [5.74, 6) is 0.919. The van der Waals surface area contributed by atoms with Crippen molar-refractivity contribution in [1.29, 1.82) is 0 Å². The molecule has 2 fully saturated rings. The van der Waals surface area contributed by atoms with E-state index in [2.05, 4.69) is 23.9 Å². The van der Waals surface area contributed by atoms with Crippen molar-refractivity contribution in [2.24, 2.45) is 5.92 Å². The van der Waals surface area contributed by atoms with Crippen LogP contribution in [0.1, 0.15) is 44.6 Å². The van der Waals surface area contributed by atoms with E-state index in [9.17, 15) is 4.79 Å². The Morgan fingerprint density at radius 1 is 1.36 bits per heavy atom. The normalized spacial score (nSPS) is 22.8. The van der Waals surface area contributed by atoms with Gasteiger partial charge in [0.15, 0.2) is 0 Å². The van der Waals surface area contributed by atoms with E-state index in [4.69, 9.17) is 4.74 Å². The van der Waals surface area contributed by atoms with Crippen LogP contribution < -0.4 is 0 Å². The molecule has 2 aliphatic rings. The number of hydrogen-bond donors (Lipinski definition) is 0. The Bertz CT molecular complexity index is 557. The molecule has 0 saturated carbocycles. The second-order valence-electron chi connectivity index (χ2n) is 7.73. The topological polar surface area (TPSA) is 45.7 Å². The van der Waals surface area contributed by atoms with E-state index >= 15 is 0 Å². The smallest absolute Gasteiger partial charge is 0.222 e. The molecular formula is C20H31N3O2. The molecule has 5 nitrogen and oxygen atoms in total. The van der Waals surface area contributed by atoms with Gasteiger partial charge in [0.05, 0.1) is 12.1 Å². The third-order valence-electron chi connectivity index (χ3n) is 5.79. The van der Waals surface area contributed by atoms with Gasteiger partial charge in [-0.3, -0.25) is 14.7 Å². The molecule has 3 heterocycles. The van der Waals surface area contributed by atoms with Crippen LogP contribution in [0.3, 0.4) is 0 Å². The number of nitrogens with zero attached hydrogens (tertiary/aromatic N) is 3. The summed E-state index contributed by atoms with van der Waals surface area (Å²) < 4.78 is 5.96. The number of piperidine rings is 1. The fourth-order valence-electron chi connectivity index (χ4n) is 4.07. The van der Waals surface area contributed by atoms with Crippen molar-refractivity contribution >= 4 is 5.91 Å². The lowest BCUT2D eigenvalue weighted by molar-refractivity contribution is -0.151. The second-order valence-corrected chi connectivity index (χ2v) is 7.73. The number of carbonyl (C=O) groups excluding carboxylic acids is 1. The zero-order valence-electron chi connectivity index (χ0n) is 15.6. The van der Waals surface area contributed by atoms with Crippen LogP contribution in [0.15, 0.2) is 24.5 Å². The van der Waals surface area contributed by atoms with E-state index in [-0.39, 0.29) is 5.54 Å². The van der Waals surface area contributed by atoms with Crippen LogP contribution in [-0.2, 0) is 16.1 Å². The number of pyridine rings is 1. The van der Waals surface area contributed by atoms with Crippen LogP contribution in [0.4, 0.5) is 0 Å². The maximum absolute atomic E-state index is 12.2. The second kappa shape index (κ2) is 8.28. The summed E-state index contributed by atoms with van der Waals surface area (Å²) in [5.41, 5.74) is 1.36. The average Bonchev–Trinajstić information content (AvgIpc) is 2.60. The van der Waals surface area contributed by atoms with Crippen LogP contribution >= 0.6 is 0 Å². The van der Waals surface area contributed by atoms with Gasteiger partial charge in [0.2, 0.25) is 5.91 Å². The molecule has 1 atom stereocenters. The third-order valence-corrected chi connectivity index (χ3v) is 5.79. The summed E-state index contributed by atoms with van der Waals surface area (Å²) in [7, 11) is 2.21. The highest BCUT2D eigenvalue weighted by Gasteiger charge is 2.50. The molecule has 0 radical (unpaired) electrons. The summed E-state index contributed by atoms with van der Waals surface area (Å²) in [4.78, 5) is 20.8. The molecule has 1 amide bonds. The van der Waals surface area contributed by atoms with Crippen LogP contribution in [0.2, 0.25) is 0 Å². The molecule has 25 heavy (non-hydrogen) atoms. The minimum absolute atomic E-state index is 0.185. The van der Waals surface area contributed by atoms with Crippen molar-refractivity contribution in [3.63, 3.8) is 0 Å². The van der Waals surface area contributed by atoms with Crippen molar-refractivity contribution in [3.05, 3.63) is 30.1 Å². The number of unbranched alkanes of at least 4 members (excludes halogenated alkanes) is 1. The van der Waals surface area contributed by atoms with Crippen molar-refractivity contribution < 1.29 is 9.53 Å². The number of ether oxygens (including phenoxy) is 1. The molecule has 138 valence electrons. The maximum Gasteiger partial charge on any atom is 0.222 e. The summed E-state index contributed by atoms with van der Waals surface area (Å²) in [6.07, 6.45) is 8.72. The Kier molecular flexibility index (Phi) is 6.07. The first-order chi connectivity index (χ1) is 12.1. The van der Waals surface area contributed by atoms with Gasteiger partial charge in [-0.05, 0) is 56.5 Å². The van der Waals surface area contributed by atoms with E-state index in [1.807, 2.05) is 29.4 Å². The molecule has 0 aromatic carbocycles. The number of aromatic nitrogens is 1. The first-order valence-electron chi connectivity index (χ1n) is 9.58. The molecule has 2 saturated heterocycles. The molecule has 0 unspecified atom stereocenters. The van der Waals surface area contributed by atoms with Gasteiger partial charge < -0.3 is 9.64 Å². The fraction of sp³-hybridized carbons (Fsp3) is 0.700. The average molecular weight is 345 g/mol. The van der Waals surface area contributed by atoms with Crippen molar-refractivity contribution in [2.75, 3.05) is 33.3 Å². The van der Waals surface area contributed by atoms with Gasteiger partial charge in [-0.15, -0.1) is 0 Å². The largest absolute Gasteiger partial charge is 0.376 e. The predicted octanol–water partition coefficient (Wildman–Crippen LogP) is 2.71. The van der Waals surface area contributed by atoms with Gasteiger partial charge in [0, 0.05) is 38.5 Å². The molecule has 0 N–H and O–H groups in total. The molecular weight excluding hydrogens is 314 g/mol. The Hall–Kier alpha value is -1.46. The van der Waals surface area contributed by atoms with E-state index < -0.39 is 0 Å². The van der Waals surface area contributed by atoms with Crippen LogP contribution in [0, 0.1) is 5.92 Å². The van der Waals surface area contributed by atoms with Crippen LogP contribution in [0.25, 0.3) is 0 Å². The lowest BCUT2D eigenvalue weighted by atomic mass is 9.75. The number of hydrogen-bond acceptors (Lipinski definition) is 4. The van der Waals surface area contributed by atoms with Gasteiger partial charge in [0.1, 0.15) is 0 Å². The van der Waals surface area contributed by atoms with E-state index in [0.717, 1.165) is 45.5 Å². The number of likely N-dealkylation sites (N-methyl/N-ethyl adjacent to an activating group) is 1. The highest BCUT2D eigenvalue weighted by molar-refractivity contribution is 5.77.